The SMILES string of the molecule is O=C(NCCC1CCCCC1)c1ccc2c(c1)CNCC2. The van der Waals surface area contributed by atoms with Crippen LogP contribution in [-0.4, -0.2) is 19.0 Å². The van der Waals surface area contributed by atoms with Crippen molar-refractivity contribution in [3.8, 4) is 0 Å². The highest BCUT2D eigenvalue weighted by atomic mass is 16.1. The number of amides is 1. The first-order chi connectivity index (χ1) is 10.3. The monoisotopic (exact) mass is 286 g/mol. The number of carbonyl (C=O) groups is 1. The van der Waals surface area contributed by atoms with Crippen molar-refractivity contribution < 1.29 is 4.79 Å². The minimum absolute atomic E-state index is 0.0826. The highest BCUT2D eigenvalue weighted by molar-refractivity contribution is 5.94. The van der Waals surface area contributed by atoms with Gasteiger partial charge in [-0.15, -0.1) is 0 Å². The Morgan fingerprint density at radius 2 is 2.05 bits per heavy atom. The summed E-state index contributed by atoms with van der Waals surface area (Å²) in [7, 11) is 0. The molecule has 1 fully saturated rings. The Hall–Kier alpha value is -1.35. The molecule has 3 heteroatoms. The third-order valence-corrected chi connectivity index (χ3v) is 4.92. The fourth-order valence-corrected chi connectivity index (χ4v) is 3.59. The number of benzene rings is 1. The van der Waals surface area contributed by atoms with E-state index in [2.05, 4.69) is 22.8 Å². The van der Waals surface area contributed by atoms with Crippen molar-refractivity contribution in [3.63, 3.8) is 0 Å². The number of rotatable bonds is 4. The first-order valence-electron chi connectivity index (χ1n) is 8.43. The van der Waals surface area contributed by atoms with E-state index in [0.29, 0.717) is 0 Å². The molecule has 0 aromatic heterocycles. The van der Waals surface area contributed by atoms with Gasteiger partial charge in [-0.1, -0.05) is 38.2 Å². The minimum Gasteiger partial charge on any atom is -0.352 e. The first-order valence-corrected chi connectivity index (χ1v) is 8.43. The average molecular weight is 286 g/mol. The average Bonchev–Trinajstić information content (AvgIpc) is 2.55. The molecule has 2 N–H and O–H groups in total. The van der Waals surface area contributed by atoms with E-state index in [-0.39, 0.29) is 5.91 Å². The van der Waals surface area contributed by atoms with E-state index in [1.54, 1.807) is 0 Å². The van der Waals surface area contributed by atoms with Gasteiger partial charge in [-0.3, -0.25) is 4.79 Å². The minimum atomic E-state index is 0.0826. The smallest absolute Gasteiger partial charge is 0.251 e. The first kappa shape index (κ1) is 14.6. The number of hydrogen-bond acceptors (Lipinski definition) is 2. The van der Waals surface area contributed by atoms with Crippen molar-refractivity contribution in [1.82, 2.24) is 10.6 Å². The van der Waals surface area contributed by atoms with Crippen LogP contribution in [0.25, 0.3) is 0 Å². The van der Waals surface area contributed by atoms with Crippen molar-refractivity contribution in [2.75, 3.05) is 13.1 Å². The van der Waals surface area contributed by atoms with Crippen LogP contribution in [0.5, 0.6) is 0 Å². The number of fused-ring (bicyclic) bond motifs is 1. The topological polar surface area (TPSA) is 41.1 Å². The molecule has 2 aliphatic rings. The zero-order valence-corrected chi connectivity index (χ0v) is 12.8. The highest BCUT2D eigenvalue weighted by Gasteiger charge is 2.15. The van der Waals surface area contributed by atoms with Gasteiger partial charge in [0.05, 0.1) is 0 Å². The van der Waals surface area contributed by atoms with Crippen molar-refractivity contribution >= 4 is 5.91 Å². The van der Waals surface area contributed by atoms with E-state index in [4.69, 9.17) is 0 Å². The predicted octanol–water partition coefficient (Wildman–Crippen LogP) is 3.03. The lowest BCUT2D eigenvalue weighted by atomic mass is 9.87. The molecule has 1 amide bonds. The molecule has 1 aliphatic heterocycles. The molecule has 0 saturated heterocycles. The quantitative estimate of drug-likeness (QED) is 0.893. The summed E-state index contributed by atoms with van der Waals surface area (Å²) in [5, 5.41) is 6.46. The Kier molecular flexibility index (Phi) is 4.91. The summed E-state index contributed by atoms with van der Waals surface area (Å²) in [5.41, 5.74) is 3.47. The second-order valence-electron chi connectivity index (χ2n) is 6.46. The Morgan fingerprint density at radius 1 is 1.19 bits per heavy atom. The van der Waals surface area contributed by atoms with E-state index in [1.165, 1.54) is 43.2 Å². The van der Waals surface area contributed by atoms with E-state index < -0.39 is 0 Å². The molecule has 3 nitrogen and oxygen atoms in total. The molecule has 0 radical (unpaired) electrons. The Bertz CT molecular complexity index is 492. The maximum absolute atomic E-state index is 12.2. The lowest BCUT2D eigenvalue weighted by Gasteiger charge is -2.21. The predicted molar refractivity (Wildman–Crippen MR) is 85.4 cm³/mol. The molecule has 1 heterocycles. The van der Waals surface area contributed by atoms with Crippen LogP contribution in [0.4, 0.5) is 0 Å². The normalized spacial score (nSPS) is 19.0. The van der Waals surface area contributed by atoms with Gasteiger partial charge in [0.25, 0.3) is 5.91 Å². The number of hydrogen-bond donors (Lipinski definition) is 2. The Labute approximate surface area is 127 Å². The molecular weight excluding hydrogens is 260 g/mol. The highest BCUT2D eigenvalue weighted by Crippen LogP contribution is 2.25. The lowest BCUT2D eigenvalue weighted by Crippen LogP contribution is -2.28. The standard InChI is InChI=1S/C18H26N2O/c21-18(20-11-8-14-4-2-1-3-5-14)16-7-6-15-9-10-19-13-17(15)12-16/h6-7,12,14,19H,1-5,8-11,13H2,(H,20,21). The summed E-state index contributed by atoms with van der Waals surface area (Å²) < 4.78 is 0. The molecule has 0 spiro atoms. The van der Waals surface area contributed by atoms with E-state index in [1.807, 2.05) is 6.07 Å². The van der Waals surface area contributed by atoms with Crippen LogP contribution in [0.2, 0.25) is 0 Å². The molecule has 1 saturated carbocycles. The zero-order chi connectivity index (χ0) is 14.5. The molecule has 0 atom stereocenters. The zero-order valence-electron chi connectivity index (χ0n) is 12.8. The van der Waals surface area contributed by atoms with Gasteiger partial charge in [-0.05, 0) is 48.6 Å². The summed E-state index contributed by atoms with van der Waals surface area (Å²) in [6.07, 6.45) is 9.04. The molecule has 1 aromatic carbocycles. The van der Waals surface area contributed by atoms with Crippen LogP contribution in [-0.2, 0) is 13.0 Å². The molecule has 21 heavy (non-hydrogen) atoms. The van der Waals surface area contributed by atoms with Crippen molar-refractivity contribution in [3.05, 3.63) is 34.9 Å². The third kappa shape index (κ3) is 3.85. The summed E-state index contributed by atoms with van der Waals surface area (Å²) in [4.78, 5) is 12.2. The van der Waals surface area contributed by atoms with Crippen molar-refractivity contribution in [2.24, 2.45) is 5.92 Å². The van der Waals surface area contributed by atoms with E-state index >= 15 is 0 Å². The van der Waals surface area contributed by atoms with Crippen LogP contribution in [0.15, 0.2) is 18.2 Å². The van der Waals surface area contributed by atoms with Crippen molar-refractivity contribution in [1.29, 1.82) is 0 Å². The fraction of sp³-hybridized carbons (Fsp3) is 0.611. The van der Waals surface area contributed by atoms with Gasteiger partial charge >= 0.3 is 0 Å². The Morgan fingerprint density at radius 3 is 2.90 bits per heavy atom. The summed E-state index contributed by atoms with van der Waals surface area (Å²) >= 11 is 0. The van der Waals surface area contributed by atoms with Crippen LogP contribution in [0.1, 0.15) is 60.0 Å². The maximum atomic E-state index is 12.2. The van der Waals surface area contributed by atoms with Gasteiger partial charge < -0.3 is 10.6 Å². The van der Waals surface area contributed by atoms with Gasteiger partial charge in [0.15, 0.2) is 0 Å². The molecule has 3 rings (SSSR count). The fourth-order valence-electron chi connectivity index (χ4n) is 3.59. The summed E-state index contributed by atoms with van der Waals surface area (Å²) in [6, 6.07) is 6.14. The third-order valence-electron chi connectivity index (χ3n) is 4.92. The van der Waals surface area contributed by atoms with E-state index in [9.17, 15) is 4.79 Å². The van der Waals surface area contributed by atoms with Gasteiger partial charge in [0, 0.05) is 18.7 Å². The summed E-state index contributed by atoms with van der Waals surface area (Å²) in [6.45, 7) is 2.75. The number of carbonyl (C=O) groups excluding carboxylic acids is 1. The molecule has 0 bridgehead atoms. The molecule has 114 valence electrons. The second-order valence-corrected chi connectivity index (χ2v) is 6.46. The van der Waals surface area contributed by atoms with Gasteiger partial charge in [-0.2, -0.15) is 0 Å². The van der Waals surface area contributed by atoms with Gasteiger partial charge in [0.1, 0.15) is 0 Å². The van der Waals surface area contributed by atoms with Gasteiger partial charge in [-0.25, -0.2) is 0 Å². The Balaban J connectivity index is 1.50. The molecule has 1 aromatic rings. The molecule has 1 aliphatic carbocycles. The largest absolute Gasteiger partial charge is 0.352 e. The maximum Gasteiger partial charge on any atom is 0.251 e. The van der Waals surface area contributed by atoms with Crippen LogP contribution >= 0.6 is 0 Å². The van der Waals surface area contributed by atoms with Crippen LogP contribution < -0.4 is 10.6 Å². The summed E-state index contributed by atoms with van der Waals surface area (Å²) in [5.74, 6) is 0.908. The van der Waals surface area contributed by atoms with Crippen LogP contribution in [0, 0.1) is 5.92 Å². The van der Waals surface area contributed by atoms with Crippen LogP contribution in [0.3, 0.4) is 0 Å². The van der Waals surface area contributed by atoms with Crippen molar-refractivity contribution in [2.45, 2.75) is 51.5 Å². The lowest BCUT2D eigenvalue weighted by molar-refractivity contribution is 0.0950. The second kappa shape index (κ2) is 7.08. The molecular formula is C18H26N2O. The molecule has 0 unspecified atom stereocenters. The van der Waals surface area contributed by atoms with E-state index in [0.717, 1.165) is 44.0 Å². The van der Waals surface area contributed by atoms with Gasteiger partial charge in [0.2, 0.25) is 0 Å². The number of nitrogens with one attached hydrogen (secondary N) is 2.